The third-order valence-electron chi connectivity index (χ3n) is 9.56. The average Bonchev–Trinajstić information content (AvgIpc) is 3.65. The fraction of sp³-hybridized carbons (Fsp3) is 0.571. The number of nitrogens with zero attached hydrogens (tertiary/aromatic N) is 6. The summed E-state index contributed by atoms with van der Waals surface area (Å²) in [5, 5.41) is 4.84. The van der Waals surface area contributed by atoms with E-state index in [4.69, 9.17) is 21.3 Å². The minimum Gasteiger partial charge on any atom is -0.493 e. The highest BCUT2D eigenvalue weighted by atomic mass is 16.5. The van der Waals surface area contributed by atoms with Crippen molar-refractivity contribution in [3.05, 3.63) is 59.0 Å². The molecule has 0 aliphatic carbocycles. The van der Waals surface area contributed by atoms with Crippen LogP contribution in [0.1, 0.15) is 67.6 Å². The van der Waals surface area contributed by atoms with Gasteiger partial charge in [-0.2, -0.15) is 5.10 Å². The van der Waals surface area contributed by atoms with E-state index >= 15 is 0 Å². The van der Waals surface area contributed by atoms with Gasteiger partial charge in [-0.15, -0.1) is 0 Å². The Hall–Kier alpha value is -3.63. The van der Waals surface area contributed by atoms with Crippen molar-refractivity contribution in [2.75, 3.05) is 70.1 Å². The number of nitrogen functional groups attached to an aromatic ring is 1. The van der Waals surface area contributed by atoms with Gasteiger partial charge in [-0.3, -0.25) is 4.79 Å². The van der Waals surface area contributed by atoms with E-state index in [-0.39, 0.29) is 5.91 Å². The molecule has 10 heteroatoms. The number of amides is 1. The number of hydrogen-bond donors (Lipinski definition) is 2. The van der Waals surface area contributed by atoms with Gasteiger partial charge in [-0.25, -0.2) is 9.67 Å². The van der Waals surface area contributed by atoms with Crippen LogP contribution in [0.15, 0.2) is 36.4 Å². The summed E-state index contributed by atoms with van der Waals surface area (Å²) in [5.41, 5.74) is 18.6. The SMILES string of the molecule is CCC(CN1CCC(CCc2ccc(OC)c(N)n2)C1)c1cc(N2CCN(C(=O)CCCN)CC2)cc(-n2nc(C)cc2C)c1. The van der Waals surface area contributed by atoms with E-state index in [1.54, 1.807) is 7.11 Å². The number of likely N-dealkylation sites (tertiary alicyclic amines) is 1. The maximum absolute atomic E-state index is 12.6. The molecule has 2 saturated heterocycles. The van der Waals surface area contributed by atoms with Crippen LogP contribution in [0.2, 0.25) is 0 Å². The third-order valence-corrected chi connectivity index (χ3v) is 9.56. The van der Waals surface area contributed by atoms with E-state index in [0.717, 1.165) is 94.3 Å². The number of pyridine rings is 1. The summed E-state index contributed by atoms with van der Waals surface area (Å²) in [7, 11) is 1.62. The predicted octanol–water partition coefficient (Wildman–Crippen LogP) is 4.31. The quantitative estimate of drug-likeness (QED) is 0.292. The van der Waals surface area contributed by atoms with Crippen molar-refractivity contribution in [2.24, 2.45) is 11.7 Å². The molecule has 2 fully saturated rings. The Morgan fingerprint density at radius 3 is 2.51 bits per heavy atom. The maximum Gasteiger partial charge on any atom is 0.222 e. The number of ether oxygens (including phenoxy) is 1. The second-order valence-corrected chi connectivity index (χ2v) is 12.8. The zero-order valence-corrected chi connectivity index (χ0v) is 27.7. The molecule has 2 aromatic heterocycles. The van der Waals surface area contributed by atoms with Crippen molar-refractivity contribution in [1.29, 1.82) is 0 Å². The van der Waals surface area contributed by atoms with Crippen molar-refractivity contribution in [3.8, 4) is 11.4 Å². The van der Waals surface area contributed by atoms with Crippen LogP contribution in [0.5, 0.6) is 5.75 Å². The molecule has 2 aliphatic heterocycles. The lowest BCUT2D eigenvalue weighted by Crippen LogP contribution is -2.48. The molecule has 244 valence electrons. The number of rotatable bonds is 13. The summed E-state index contributed by atoms with van der Waals surface area (Å²) in [4.78, 5) is 24.2. The first kappa shape index (κ1) is 32.8. The molecule has 2 unspecified atom stereocenters. The van der Waals surface area contributed by atoms with Crippen LogP contribution >= 0.6 is 0 Å². The van der Waals surface area contributed by atoms with Crippen LogP contribution < -0.4 is 21.1 Å². The summed E-state index contributed by atoms with van der Waals surface area (Å²) in [6.45, 7) is 13.5. The molecule has 2 atom stereocenters. The molecule has 5 rings (SSSR count). The van der Waals surface area contributed by atoms with Crippen LogP contribution in [-0.4, -0.2) is 89.9 Å². The number of aromatic nitrogens is 3. The molecule has 4 heterocycles. The van der Waals surface area contributed by atoms with Gasteiger partial charge in [-0.05, 0) is 113 Å². The van der Waals surface area contributed by atoms with E-state index in [1.807, 2.05) is 24.0 Å². The molecule has 2 aliphatic rings. The van der Waals surface area contributed by atoms with Gasteiger partial charge in [0, 0.05) is 62.8 Å². The first-order valence-electron chi connectivity index (χ1n) is 16.7. The highest BCUT2D eigenvalue weighted by Gasteiger charge is 2.27. The minimum absolute atomic E-state index is 0.219. The number of carbonyl (C=O) groups is 1. The topological polar surface area (TPSA) is 119 Å². The summed E-state index contributed by atoms with van der Waals surface area (Å²) < 4.78 is 7.34. The molecule has 0 saturated carbocycles. The Morgan fingerprint density at radius 2 is 1.84 bits per heavy atom. The van der Waals surface area contributed by atoms with Crippen LogP contribution in [0.4, 0.5) is 11.5 Å². The van der Waals surface area contributed by atoms with Crippen LogP contribution in [0.25, 0.3) is 5.69 Å². The van der Waals surface area contributed by atoms with Crippen LogP contribution in [0, 0.1) is 19.8 Å². The molecule has 0 spiro atoms. The highest BCUT2D eigenvalue weighted by Crippen LogP contribution is 2.32. The fourth-order valence-corrected chi connectivity index (χ4v) is 6.94. The first-order chi connectivity index (χ1) is 21.8. The van der Waals surface area contributed by atoms with Gasteiger partial charge in [0.25, 0.3) is 0 Å². The minimum atomic E-state index is 0.219. The Bertz CT molecular complexity index is 1430. The van der Waals surface area contributed by atoms with Gasteiger partial charge in [0.05, 0.1) is 18.5 Å². The van der Waals surface area contributed by atoms with E-state index in [2.05, 4.69) is 57.6 Å². The number of aryl methyl sites for hydroxylation is 3. The first-order valence-corrected chi connectivity index (χ1v) is 16.7. The highest BCUT2D eigenvalue weighted by molar-refractivity contribution is 5.76. The van der Waals surface area contributed by atoms with Crippen molar-refractivity contribution in [2.45, 2.75) is 65.2 Å². The number of benzene rings is 1. The van der Waals surface area contributed by atoms with Crippen LogP contribution in [0.3, 0.4) is 0 Å². The van der Waals surface area contributed by atoms with E-state index in [1.165, 1.54) is 17.7 Å². The number of anilines is 2. The van der Waals surface area contributed by atoms with Crippen molar-refractivity contribution < 1.29 is 9.53 Å². The Kier molecular flexibility index (Phi) is 11.0. The molecule has 0 radical (unpaired) electrons. The monoisotopic (exact) mass is 616 g/mol. The molecular formula is C35H52N8O2. The lowest BCUT2D eigenvalue weighted by Gasteiger charge is -2.37. The van der Waals surface area contributed by atoms with Crippen molar-refractivity contribution in [1.82, 2.24) is 24.6 Å². The Labute approximate surface area is 268 Å². The smallest absolute Gasteiger partial charge is 0.222 e. The lowest BCUT2D eigenvalue weighted by atomic mass is 9.94. The van der Waals surface area contributed by atoms with E-state index in [9.17, 15) is 4.79 Å². The fourth-order valence-electron chi connectivity index (χ4n) is 6.94. The maximum atomic E-state index is 12.6. The van der Waals surface area contributed by atoms with Gasteiger partial charge in [0.15, 0.2) is 11.6 Å². The number of methoxy groups -OCH3 is 1. The van der Waals surface area contributed by atoms with E-state index in [0.29, 0.717) is 36.4 Å². The lowest BCUT2D eigenvalue weighted by molar-refractivity contribution is -0.131. The molecule has 10 nitrogen and oxygen atoms in total. The average molecular weight is 617 g/mol. The van der Waals surface area contributed by atoms with Gasteiger partial charge < -0.3 is 30.9 Å². The zero-order valence-electron chi connectivity index (χ0n) is 27.7. The summed E-state index contributed by atoms with van der Waals surface area (Å²) in [5.74, 6) is 2.40. The summed E-state index contributed by atoms with van der Waals surface area (Å²) in [6, 6.07) is 13.1. The number of hydrogen-bond acceptors (Lipinski definition) is 8. The molecule has 1 amide bonds. The number of piperazine rings is 1. The third kappa shape index (κ3) is 8.16. The van der Waals surface area contributed by atoms with E-state index < -0.39 is 0 Å². The predicted molar refractivity (Wildman–Crippen MR) is 181 cm³/mol. The second kappa shape index (κ2) is 15.1. The van der Waals surface area contributed by atoms with Gasteiger partial charge in [-0.1, -0.05) is 6.92 Å². The molecule has 3 aromatic rings. The molecule has 4 N–H and O–H groups in total. The number of nitrogens with two attached hydrogens (primary N) is 2. The zero-order chi connectivity index (χ0) is 31.9. The molecule has 0 bridgehead atoms. The standard InChI is InChI=1S/C35H52N8O2/c1-5-28(24-40-14-12-27(23-40)8-9-30-10-11-33(45-4)35(37)38-30)29-20-31(22-32(21-29)43-26(3)19-25(2)39-43)41-15-17-42(18-16-41)34(44)7-6-13-36/h10-11,19-22,27-28H,5-9,12-18,23-24,36H2,1-4H3,(H2,37,38). The number of carbonyl (C=O) groups excluding carboxylic acids is 1. The van der Waals surface area contributed by atoms with Crippen LogP contribution in [-0.2, 0) is 11.2 Å². The Morgan fingerprint density at radius 1 is 1.07 bits per heavy atom. The molecular weight excluding hydrogens is 564 g/mol. The largest absolute Gasteiger partial charge is 0.493 e. The Balaban J connectivity index is 1.28. The van der Waals surface area contributed by atoms with Crippen molar-refractivity contribution in [3.63, 3.8) is 0 Å². The molecule has 45 heavy (non-hydrogen) atoms. The van der Waals surface area contributed by atoms with Crippen molar-refractivity contribution >= 4 is 17.4 Å². The molecule has 1 aromatic carbocycles. The van der Waals surface area contributed by atoms with Gasteiger partial charge in [0.1, 0.15) is 0 Å². The summed E-state index contributed by atoms with van der Waals surface area (Å²) >= 11 is 0. The van der Waals surface area contributed by atoms with Gasteiger partial charge >= 0.3 is 0 Å². The second-order valence-electron chi connectivity index (χ2n) is 12.8. The normalized spacial score (nSPS) is 18.0. The summed E-state index contributed by atoms with van der Waals surface area (Å²) in [6.07, 6.45) is 5.62. The van der Waals surface area contributed by atoms with Gasteiger partial charge in [0.2, 0.25) is 5.91 Å².